The van der Waals surface area contributed by atoms with E-state index in [1.54, 1.807) is 0 Å². The Balaban J connectivity index is 0.00000312. The Bertz CT molecular complexity index is 591. The maximum atomic E-state index is 13.2. The van der Waals surface area contributed by atoms with Gasteiger partial charge < -0.3 is 10.6 Å². The predicted octanol–water partition coefficient (Wildman–Crippen LogP) is 0.165. The Hall–Kier alpha value is -1.92. The lowest BCUT2D eigenvalue weighted by molar-refractivity contribution is -0.385. The number of alkyl halides is 3. The third-order valence-electron chi connectivity index (χ3n) is 3.60. The highest BCUT2D eigenvalue weighted by Gasteiger charge is 2.43. The van der Waals surface area contributed by atoms with Crippen LogP contribution < -0.4 is 10.6 Å². The summed E-state index contributed by atoms with van der Waals surface area (Å²) < 4.78 is 40.5. The number of nitrogens with zero attached hydrogens (tertiary/aromatic N) is 4. The summed E-state index contributed by atoms with van der Waals surface area (Å²) in [6.07, 6.45) is -2.46. The molecule has 1 aliphatic rings. The van der Waals surface area contributed by atoms with Gasteiger partial charge in [0.25, 0.3) is 0 Å². The molecule has 0 bridgehead atoms. The van der Waals surface area contributed by atoms with E-state index in [0.29, 0.717) is 13.1 Å². The van der Waals surface area contributed by atoms with Crippen LogP contribution in [0.5, 0.6) is 0 Å². The number of piperazine rings is 1. The fourth-order valence-electron chi connectivity index (χ4n) is 2.39. The van der Waals surface area contributed by atoms with Crippen molar-refractivity contribution >= 4 is 24.0 Å². The lowest BCUT2D eigenvalue weighted by Gasteiger charge is -2.35. The highest BCUT2D eigenvalue weighted by molar-refractivity contribution is 5.85. The van der Waals surface area contributed by atoms with E-state index in [9.17, 15) is 28.1 Å². The first-order valence-corrected chi connectivity index (χ1v) is 7.22. The molecule has 0 saturated carbocycles. The summed E-state index contributed by atoms with van der Waals surface area (Å²) >= 11 is 0. The topological polar surface area (TPSA) is 105 Å². The molecule has 2 heterocycles. The van der Waals surface area contributed by atoms with Gasteiger partial charge in [0.2, 0.25) is 5.91 Å². The molecule has 1 saturated heterocycles. The molecule has 13 heteroatoms. The molecule has 0 aromatic carbocycles. The van der Waals surface area contributed by atoms with Crippen LogP contribution in [0.15, 0.2) is 12.4 Å². The average molecular weight is 387 g/mol. The van der Waals surface area contributed by atoms with Gasteiger partial charge in [0.1, 0.15) is 25.0 Å². The van der Waals surface area contributed by atoms with E-state index in [0.717, 1.165) is 17.1 Å². The van der Waals surface area contributed by atoms with Crippen molar-refractivity contribution in [2.75, 3.05) is 32.7 Å². The molecule has 9 nitrogen and oxygen atoms in total. The zero-order valence-corrected chi connectivity index (χ0v) is 13.8. The quantitative estimate of drug-likeness (QED) is 0.533. The molecule has 1 fully saturated rings. The van der Waals surface area contributed by atoms with Crippen molar-refractivity contribution in [2.45, 2.75) is 18.8 Å². The number of hydrogen-bond acceptors (Lipinski definition) is 6. The molecule has 1 amide bonds. The largest absolute Gasteiger partial charge is 0.405 e. The monoisotopic (exact) mass is 386 g/mol. The van der Waals surface area contributed by atoms with Crippen LogP contribution in [0.2, 0.25) is 0 Å². The van der Waals surface area contributed by atoms with Crippen molar-refractivity contribution in [2.24, 2.45) is 0 Å². The van der Waals surface area contributed by atoms with E-state index in [1.807, 2.05) is 0 Å². The second-order valence-corrected chi connectivity index (χ2v) is 5.30. The van der Waals surface area contributed by atoms with Crippen LogP contribution in [0.25, 0.3) is 0 Å². The number of halogens is 4. The lowest BCUT2D eigenvalue weighted by Crippen LogP contribution is -2.57. The van der Waals surface area contributed by atoms with Crippen molar-refractivity contribution in [3.8, 4) is 0 Å². The summed E-state index contributed by atoms with van der Waals surface area (Å²) in [5, 5.41) is 19.3. The molecule has 0 spiro atoms. The molecule has 2 N–H and O–H groups in total. The molecule has 1 aromatic rings. The van der Waals surface area contributed by atoms with Crippen LogP contribution in [0.3, 0.4) is 0 Å². The smallest absolute Gasteiger partial charge is 0.353 e. The average Bonchev–Trinajstić information content (AvgIpc) is 2.96. The SMILES string of the molecule is Cl.O=C(Cn1cc([N+](=O)[O-])cn1)NCC(N1CCNCC1)C(F)(F)F. The van der Waals surface area contributed by atoms with Crippen LogP contribution in [0.1, 0.15) is 0 Å². The van der Waals surface area contributed by atoms with E-state index in [-0.39, 0.29) is 37.7 Å². The first-order chi connectivity index (χ1) is 11.3. The number of rotatable bonds is 6. The van der Waals surface area contributed by atoms with Crippen LogP contribution in [-0.4, -0.2) is 70.5 Å². The third-order valence-corrected chi connectivity index (χ3v) is 3.60. The molecular weight excluding hydrogens is 369 g/mol. The Morgan fingerprint density at radius 2 is 2.08 bits per heavy atom. The number of aromatic nitrogens is 2. The summed E-state index contributed by atoms with van der Waals surface area (Å²) in [6, 6.07) is -1.77. The van der Waals surface area contributed by atoms with Crippen molar-refractivity contribution in [1.82, 2.24) is 25.3 Å². The van der Waals surface area contributed by atoms with Crippen molar-refractivity contribution < 1.29 is 22.9 Å². The summed E-state index contributed by atoms with van der Waals surface area (Å²) in [6.45, 7) is 0.428. The summed E-state index contributed by atoms with van der Waals surface area (Å²) in [5.74, 6) is -0.697. The molecule has 0 radical (unpaired) electrons. The van der Waals surface area contributed by atoms with Gasteiger partial charge in [0.15, 0.2) is 0 Å². The van der Waals surface area contributed by atoms with Crippen molar-refractivity contribution in [3.05, 3.63) is 22.5 Å². The highest BCUT2D eigenvalue weighted by Crippen LogP contribution is 2.24. The van der Waals surface area contributed by atoms with E-state index in [1.165, 1.54) is 4.90 Å². The second-order valence-electron chi connectivity index (χ2n) is 5.30. The number of amides is 1. The van der Waals surface area contributed by atoms with Crippen molar-refractivity contribution in [3.63, 3.8) is 0 Å². The summed E-state index contributed by atoms with van der Waals surface area (Å²) in [4.78, 5) is 22.9. The predicted molar refractivity (Wildman–Crippen MR) is 83.4 cm³/mol. The Labute approximate surface area is 147 Å². The maximum Gasteiger partial charge on any atom is 0.405 e. The third kappa shape index (κ3) is 6.14. The zero-order valence-electron chi connectivity index (χ0n) is 13.0. The minimum atomic E-state index is -4.46. The van der Waals surface area contributed by atoms with E-state index < -0.39 is 29.6 Å². The summed E-state index contributed by atoms with van der Waals surface area (Å²) in [7, 11) is 0. The normalized spacial score (nSPS) is 16.8. The van der Waals surface area contributed by atoms with Gasteiger partial charge in [0, 0.05) is 32.7 Å². The molecule has 1 atom stereocenters. The van der Waals surface area contributed by atoms with Crippen LogP contribution in [-0.2, 0) is 11.3 Å². The first kappa shape index (κ1) is 21.1. The maximum absolute atomic E-state index is 13.2. The number of nitro groups is 1. The molecule has 1 unspecified atom stereocenters. The van der Waals surface area contributed by atoms with Gasteiger partial charge in [0.05, 0.1) is 4.92 Å². The second kappa shape index (κ2) is 8.97. The summed E-state index contributed by atoms with van der Waals surface area (Å²) in [5.41, 5.74) is -0.295. The number of carbonyl (C=O) groups excluding carboxylic acids is 1. The number of carbonyl (C=O) groups is 1. The van der Waals surface area contributed by atoms with E-state index in [2.05, 4.69) is 15.7 Å². The first-order valence-electron chi connectivity index (χ1n) is 7.22. The van der Waals surface area contributed by atoms with Gasteiger partial charge in [-0.2, -0.15) is 18.3 Å². The number of hydrogen-bond donors (Lipinski definition) is 2. The van der Waals surface area contributed by atoms with E-state index in [4.69, 9.17) is 0 Å². The zero-order chi connectivity index (χ0) is 17.7. The molecule has 2 rings (SSSR count). The van der Waals surface area contributed by atoms with Gasteiger partial charge in [-0.05, 0) is 0 Å². The Morgan fingerprint density at radius 3 is 2.60 bits per heavy atom. The molecule has 142 valence electrons. The van der Waals surface area contributed by atoms with Crippen LogP contribution >= 0.6 is 12.4 Å². The van der Waals surface area contributed by atoms with Crippen LogP contribution in [0, 0.1) is 10.1 Å². The molecule has 0 aliphatic carbocycles. The standard InChI is InChI=1S/C12H17F3N6O3.ClH/c13-12(14,15)10(19-3-1-16-2-4-19)6-17-11(22)8-20-7-9(5-18-20)21(23)24;/h5,7,10,16H,1-4,6,8H2,(H,17,22);1H. The number of nitrogens with one attached hydrogen (secondary N) is 2. The lowest BCUT2D eigenvalue weighted by atomic mass is 10.2. The van der Waals surface area contributed by atoms with Gasteiger partial charge in [-0.1, -0.05) is 0 Å². The minimum absolute atomic E-state index is 0. The van der Waals surface area contributed by atoms with Gasteiger partial charge >= 0.3 is 11.9 Å². The van der Waals surface area contributed by atoms with Gasteiger partial charge in [-0.15, -0.1) is 12.4 Å². The molecule has 1 aromatic heterocycles. The van der Waals surface area contributed by atoms with Crippen LogP contribution in [0.4, 0.5) is 18.9 Å². The molecule has 25 heavy (non-hydrogen) atoms. The Morgan fingerprint density at radius 1 is 1.44 bits per heavy atom. The minimum Gasteiger partial charge on any atom is -0.353 e. The van der Waals surface area contributed by atoms with Crippen molar-refractivity contribution in [1.29, 1.82) is 0 Å². The van der Waals surface area contributed by atoms with E-state index >= 15 is 0 Å². The Kier molecular flexibility index (Phi) is 7.58. The van der Waals surface area contributed by atoms with Gasteiger partial charge in [-0.25, -0.2) is 0 Å². The fraction of sp³-hybridized carbons (Fsp3) is 0.667. The molecular formula is C12H18ClF3N6O3. The molecule has 1 aliphatic heterocycles. The highest BCUT2D eigenvalue weighted by atomic mass is 35.5. The van der Waals surface area contributed by atoms with Gasteiger partial charge in [-0.3, -0.25) is 24.5 Å². The fourth-order valence-corrected chi connectivity index (χ4v) is 2.39.